The molecule has 18 heavy (non-hydrogen) atoms. The Kier molecular flexibility index (Phi) is 3.33. The molecule has 3 nitrogen and oxygen atoms in total. The minimum absolute atomic E-state index is 0.201. The molecule has 0 saturated heterocycles. The maximum absolute atomic E-state index is 11.1. The molecule has 0 heterocycles. The summed E-state index contributed by atoms with van der Waals surface area (Å²) in [6.45, 7) is 1.97. The van der Waals surface area contributed by atoms with E-state index in [-0.39, 0.29) is 18.1 Å². The zero-order valence-electron chi connectivity index (χ0n) is 10.2. The number of rotatable bonds is 3. The molecule has 92 valence electrons. The van der Waals surface area contributed by atoms with E-state index in [0.29, 0.717) is 0 Å². The Morgan fingerprint density at radius 1 is 1.22 bits per heavy atom. The SMILES string of the molecule is Cc1ccc(-c2cccc(O)c2)c(CC(N)=O)c1. The monoisotopic (exact) mass is 241 g/mol. The van der Waals surface area contributed by atoms with Crippen LogP contribution in [0.1, 0.15) is 11.1 Å². The molecule has 0 bridgehead atoms. The number of primary amides is 1. The Morgan fingerprint density at radius 2 is 2.00 bits per heavy atom. The van der Waals surface area contributed by atoms with E-state index in [0.717, 1.165) is 22.3 Å². The molecule has 2 aromatic carbocycles. The Morgan fingerprint density at radius 3 is 2.67 bits per heavy atom. The van der Waals surface area contributed by atoms with Crippen LogP contribution >= 0.6 is 0 Å². The van der Waals surface area contributed by atoms with E-state index in [9.17, 15) is 9.90 Å². The van der Waals surface area contributed by atoms with Crippen LogP contribution in [0.2, 0.25) is 0 Å². The summed E-state index contributed by atoms with van der Waals surface area (Å²) in [4.78, 5) is 11.1. The average molecular weight is 241 g/mol. The van der Waals surface area contributed by atoms with Gasteiger partial charge in [-0.2, -0.15) is 0 Å². The van der Waals surface area contributed by atoms with Crippen molar-refractivity contribution in [1.29, 1.82) is 0 Å². The molecular formula is C15H15NO2. The second-order valence-electron chi connectivity index (χ2n) is 4.35. The maximum atomic E-state index is 11.1. The summed E-state index contributed by atoms with van der Waals surface area (Å²) < 4.78 is 0. The third-order valence-electron chi connectivity index (χ3n) is 2.78. The molecule has 0 aliphatic heterocycles. The van der Waals surface area contributed by atoms with Gasteiger partial charge in [-0.15, -0.1) is 0 Å². The van der Waals surface area contributed by atoms with Crippen molar-refractivity contribution >= 4 is 5.91 Å². The van der Waals surface area contributed by atoms with Gasteiger partial charge in [0.15, 0.2) is 0 Å². The minimum Gasteiger partial charge on any atom is -0.508 e. The molecule has 3 heteroatoms. The first-order valence-electron chi connectivity index (χ1n) is 5.73. The largest absolute Gasteiger partial charge is 0.508 e. The third-order valence-corrected chi connectivity index (χ3v) is 2.78. The zero-order valence-corrected chi connectivity index (χ0v) is 10.2. The van der Waals surface area contributed by atoms with E-state index in [1.807, 2.05) is 31.2 Å². The van der Waals surface area contributed by atoms with Crippen LogP contribution in [0.3, 0.4) is 0 Å². The van der Waals surface area contributed by atoms with Gasteiger partial charge in [-0.3, -0.25) is 4.79 Å². The van der Waals surface area contributed by atoms with Crippen molar-refractivity contribution in [2.75, 3.05) is 0 Å². The predicted octanol–water partition coefficient (Wildman–Crippen LogP) is 2.40. The molecule has 0 unspecified atom stereocenters. The number of hydrogen-bond donors (Lipinski definition) is 2. The van der Waals surface area contributed by atoms with E-state index in [4.69, 9.17) is 5.73 Å². The van der Waals surface area contributed by atoms with Crippen LogP contribution in [0, 0.1) is 6.92 Å². The lowest BCUT2D eigenvalue weighted by molar-refractivity contribution is -0.117. The van der Waals surface area contributed by atoms with Gasteiger partial charge >= 0.3 is 0 Å². The van der Waals surface area contributed by atoms with Crippen LogP contribution < -0.4 is 5.73 Å². The highest BCUT2D eigenvalue weighted by Gasteiger charge is 2.08. The lowest BCUT2D eigenvalue weighted by Crippen LogP contribution is -2.14. The van der Waals surface area contributed by atoms with E-state index in [2.05, 4.69) is 0 Å². The van der Waals surface area contributed by atoms with E-state index in [1.165, 1.54) is 0 Å². The Balaban J connectivity index is 2.52. The molecule has 2 aromatic rings. The van der Waals surface area contributed by atoms with Crippen LogP contribution in [0.4, 0.5) is 0 Å². The summed E-state index contributed by atoms with van der Waals surface area (Å²) in [5, 5.41) is 9.51. The van der Waals surface area contributed by atoms with Gasteiger partial charge in [-0.25, -0.2) is 0 Å². The van der Waals surface area contributed by atoms with Crippen molar-refractivity contribution < 1.29 is 9.90 Å². The molecule has 2 rings (SSSR count). The Bertz CT molecular complexity index is 591. The standard InChI is InChI=1S/C15H15NO2/c1-10-5-6-14(12(7-10)9-15(16)18)11-3-2-4-13(17)8-11/h2-8,17H,9H2,1H3,(H2,16,18). The van der Waals surface area contributed by atoms with Gasteiger partial charge in [-0.1, -0.05) is 35.9 Å². The number of carbonyl (C=O) groups excluding carboxylic acids is 1. The Labute approximate surface area is 106 Å². The van der Waals surface area contributed by atoms with Crippen LogP contribution in [0.5, 0.6) is 5.75 Å². The summed E-state index contributed by atoms with van der Waals surface area (Å²) >= 11 is 0. The molecule has 0 aromatic heterocycles. The number of aryl methyl sites for hydroxylation is 1. The molecule has 1 amide bonds. The number of amides is 1. The van der Waals surface area contributed by atoms with Crippen molar-refractivity contribution in [3.05, 3.63) is 53.6 Å². The van der Waals surface area contributed by atoms with Gasteiger partial charge < -0.3 is 10.8 Å². The van der Waals surface area contributed by atoms with Crippen LogP contribution in [0.15, 0.2) is 42.5 Å². The number of aromatic hydroxyl groups is 1. The number of carbonyl (C=O) groups is 1. The first-order chi connectivity index (χ1) is 8.56. The summed E-state index contributed by atoms with van der Waals surface area (Å²) in [5.74, 6) is -0.153. The highest BCUT2D eigenvalue weighted by Crippen LogP contribution is 2.27. The third kappa shape index (κ3) is 2.69. The number of benzene rings is 2. The zero-order chi connectivity index (χ0) is 13.1. The number of nitrogens with two attached hydrogens (primary N) is 1. The van der Waals surface area contributed by atoms with Crippen LogP contribution in [0.25, 0.3) is 11.1 Å². The van der Waals surface area contributed by atoms with Crippen molar-refractivity contribution in [2.45, 2.75) is 13.3 Å². The fourth-order valence-electron chi connectivity index (χ4n) is 2.01. The topological polar surface area (TPSA) is 63.3 Å². The second-order valence-corrected chi connectivity index (χ2v) is 4.35. The van der Waals surface area contributed by atoms with Crippen molar-refractivity contribution in [2.24, 2.45) is 5.73 Å². The molecule has 0 saturated carbocycles. The predicted molar refractivity (Wildman–Crippen MR) is 71.2 cm³/mol. The van der Waals surface area contributed by atoms with Gasteiger partial charge in [0.05, 0.1) is 6.42 Å². The summed E-state index contributed by atoms with van der Waals surface area (Å²) in [6, 6.07) is 12.8. The molecule has 0 spiro atoms. The molecule has 0 fully saturated rings. The highest BCUT2D eigenvalue weighted by atomic mass is 16.3. The average Bonchev–Trinajstić information content (AvgIpc) is 2.28. The number of phenolic OH excluding ortho intramolecular Hbond substituents is 1. The fraction of sp³-hybridized carbons (Fsp3) is 0.133. The lowest BCUT2D eigenvalue weighted by Gasteiger charge is -2.10. The van der Waals surface area contributed by atoms with Gasteiger partial charge in [0.2, 0.25) is 5.91 Å². The fourth-order valence-corrected chi connectivity index (χ4v) is 2.01. The first kappa shape index (κ1) is 12.2. The van der Waals surface area contributed by atoms with Crippen LogP contribution in [-0.4, -0.2) is 11.0 Å². The summed E-state index contributed by atoms with van der Waals surface area (Å²) in [5.41, 5.74) is 9.03. The van der Waals surface area contributed by atoms with Crippen molar-refractivity contribution in [3.63, 3.8) is 0 Å². The highest BCUT2D eigenvalue weighted by molar-refractivity contribution is 5.81. The van der Waals surface area contributed by atoms with Crippen molar-refractivity contribution in [3.8, 4) is 16.9 Å². The smallest absolute Gasteiger partial charge is 0.221 e. The molecule has 3 N–H and O–H groups in total. The maximum Gasteiger partial charge on any atom is 0.221 e. The second kappa shape index (κ2) is 4.92. The van der Waals surface area contributed by atoms with Gasteiger partial charge in [0.25, 0.3) is 0 Å². The van der Waals surface area contributed by atoms with E-state index in [1.54, 1.807) is 18.2 Å². The molecule has 0 radical (unpaired) electrons. The minimum atomic E-state index is -0.359. The quantitative estimate of drug-likeness (QED) is 0.866. The Hall–Kier alpha value is -2.29. The molecule has 0 aliphatic rings. The van der Waals surface area contributed by atoms with Gasteiger partial charge in [-0.05, 0) is 35.7 Å². The first-order valence-corrected chi connectivity index (χ1v) is 5.73. The summed E-state index contributed by atoms with van der Waals surface area (Å²) in [6.07, 6.45) is 0.201. The number of hydrogen-bond acceptors (Lipinski definition) is 2. The summed E-state index contributed by atoms with van der Waals surface area (Å²) in [7, 11) is 0. The molecular weight excluding hydrogens is 226 g/mol. The van der Waals surface area contributed by atoms with Gasteiger partial charge in [0.1, 0.15) is 5.75 Å². The van der Waals surface area contributed by atoms with Crippen LogP contribution in [-0.2, 0) is 11.2 Å². The molecule has 0 atom stereocenters. The molecule has 0 aliphatic carbocycles. The van der Waals surface area contributed by atoms with Crippen molar-refractivity contribution in [1.82, 2.24) is 0 Å². The lowest BCUT2D eigenvalue weighted by atomic mass is 9.95. The van der Waals surface area contributed by atoms with Gasteiger partial charge in [0, 0.05) is 0 Å². The normalized spacial score (nSPS) is 10.3. The van der Waals surface area contributed by atoms with E-state index < -0.39 is 0 Å². The number of phenols is 1. The van der Waals surface area contributed by atoms with E-state index >= 15 is 0 Å².